The van der Waals surface area contributed by atoms with E-state index in [9.17, 15) is 13.2 Å². The van der Waals surface area contributed by atoms with Gasteiger partial charge in [-0.1, -0.05) is 0 Å². The van der Waals surface area contributed by atoms with Crippen molar-refractivity contribution in [2.75, 3.05) is 26.7 Å². The number of hydrogen-bond acceptors (Lipinski definition) is 3. The molecule has 0 amide bonds. The van der Waals surface area contributed by atoms with Crippen LogP contribution in [0.3, 0.4) is 0 Å². The Bertz CT molecular complexity index is 637. The van der Waals surface area contributed by atoms with Crippen LogP contribution in [0.25, 0.3) is 0 Å². The lowest BCUT2D eigenvalue weighted by atomic mass is 10.1. The van der Waals surface area contributed by atoms with Gasteiger partial charge >= 0.3 is 6.18 Å². The molecule has 0 spiro atoms. The molecule has 0 aliphatic carbocycles. The van der Waals surface area contributed by atoms with Crippen LogP contribution in [-0.2, 0) is 13.5 Å². The number of aryl methyl sites for hydroxylation is 2. The molecule has 2 heterocycles. The summed E-state index contributed by atoms with van der Waals surface area (Å²) in [6, 6.07) is 0.0908. The number of alkyl halides is 3. The Labute approximate surface area is 152 Å². The first-order chi connectivity index (χ1) is 12.1. The van der Waals surface area contributed by atoms with E-state index >= 15 is 0 Å². The van der Waals surface area contributed by atoms with E-state index in [0.29, 0.717) is 25.5 Å². The Balaban J connectivity index is 1.86. The van der Waals surface area contributed by atoms with Crippen molar-refractivity contribution in [1.82, 2.24) is 25.3 Å². The predicted octanol–water partition coefficient (Wildman–Crippen LogP) is 1.77. The Morgan fingerprint density at radius 2 is 2.08 bits per heavy atom. The molecule has 9 heteroatoms. The molecular weight excluding hydrogens is 345 g/mol. The minimum atomic E-state index is -4.15. The first kappa shape index (κ1) is 20.5. The van der Waals surface area contributed by atoms with Crippen LogP contribution in [0, 0.1) is 13.8 Å². The highest BCUT2D eigenvalue weighted by Crippen LogP contribution is 2.20. The van der Waals surface area contributed by atoms with Gasteiger partial charge in [0.05, 0.1) is 12.2 Å². The van der Waals surface area contributed by atoms with Crippen LogP contribution in [0.1, 0.15) is 30.3 Å². The average Bonchev–Trinajstić information content (AvgIpc) is 3.04. The molecule has 0 saturated carbocycles. The van der Waals surface area contributed by atoms with Crippen molar-refractivity contribution in [1.29, 1.82) is 0 Å². The summed E-state index contributed by atoms with van der Waals surface area (Å²) in [6.45, 7) is 6.06. The number of rotatable bonds is 5. The molecule has 26 heavy (non-hydrogen) atoms. The van der Waals surface area contributed by atoms with Crippen LogP contribution in [0.2, 0.25) is 0 Å². The molecule has 148 valence electrons. The number of guanidine groups is 1. The molecule has 1 aromatic rings. The van der Waals surface area contributed by atoms with Crippen molar-refractivity contribution < 1.29 is 13.2 Å². The van der Waals surface area contributed by atoms with E-state index in [0.717, 1.165) is 17.8 Å². The fourth-order valence-electron chi connectivity index (χ4n) is 3.42. The zero-order valence-corrected chi connectivity index (χ0v) is 16.1. The quantitative estimate of drug-likeness (QED) is 0.609. The molecule has 0 bridgehead atoms. The molecular formula is C17H29F3N6. The highest BCUT2D eigenvalue weighted by atomic mass is 19.4. The SMILES string of the molecule is CN=C(NC(C)Cc1c(C)nn(C)c1C)NC1CCN(CC(F)(F)F)C1. The second-order valence-corrected chi connectivity index (χ2v) is 7.07. The summed E-state index contributed by atoms with van der Waals surface area (Å²) in [4.78, 5) is 5.64. The Kier molecular flexibility index (Phi) is 6.54. The van der Waals surface area contributed by atoms with Crippen molar-refractivity contribution in [2.24, 2.45) is 12.0 Å². The summed E-state index contributed by atoms with van der Waals surface area (Å²) < 4.78 is 39.4. The first-order valence-corrected chi connectivity index (χ1v) is 8.87. The second kappa shape index (κ2) is 8.28. The first-order valence-electron chi connectivity index (χ1n) is 8.87. The molecule has 2 unspecified atom stereocenters. The number of halogens is 3. The normalized spacial score (nSPS) is 20.5. The zero-order valence-electron chi connectivity index (χ0n) is 16.1. The van der Waals surface area contributed by atoms with Crippen LogP contribution < -0.4 is 10.6 Å². The van der Waals surface area contributed by atoms with E-state index in [1.165, 1.54) is 10.5 Å². The maximum atomic E-state index is 12.5. The van der Waals surface area contributed by atoms with Crippen LogP contribution in [0.4, 0.5) is 13.2 Å². The van der Waals surface area contributed by atoms with Gasteiger partial charge in [0.25, 0.3) is 0 Å². The van der Waals surface area contributed by atoms with Gasteiger partial charge in [-0.15, -0.1) is 0 Å². The van der Waals surface area contributed by atoms with Crippen molar-refractivity contribution in [3.8, 4) is 0 Å². The van der Waals surface area contributed by atoms with Gasteiger partial charge < -0.3 is 10.6 Å². The van der Waals surface area contributed by atoms with Crippen LogP contribution in [-0.4, -0.2) is 65.6 Å². The summed E-state index contributed by atoms with van der Waals surface area (Å²) in [5.74, 6) is 0.621. The maximum Gasteiger partial charge on any atom is 0.401 e. The topological polar surface area (TPSA) is 57.5 Å². The number of nitrogens with one attached hydrogen (secondary N) is 2. The molecule has 1 fully saturated rings. The third-order valence-electron chi connectivity index (χ3n) is 4.79. The fourth-order valence-corrected chi connectivity index (χ4v) is 3.42. The summed E-state index contributed by atoms with van der Waals surface area (Å²) in [5.41, 5.74) is 3.36. The monoisotopic (exact) mass is 374 g/mol. The number of aliphatic imine (C=N–C) groups is 1. The molecule has 1 aromatic heterocycles. The highest BCUT2D eigenvalue weighted by Gasteiger charge is 2.34. The largest absolute Gasteiger partial charge is 0.401 e. The summed E-state index contributed by atoms with van der Waals surface area (Å²) in [6.07, 6.45) is -2.67. The lowest BCUT2D eigenvalue weighted by Crippen LogP contribution is -2.48. The Morgan fingerprint density at radius 3 is 2.62 bits per heavy atom. The number of likely N-dealkylation sites (tertiary alicyclic amines) is 1. The van der Waals surface area contributed by atoms with E-state index < -0.39 is 12.7 Å². The van der Waals surface area contributed by atoms with Crippen molar-refractivity contribution in [2.45, 2.75) is 51.9 Å². The lowest BCUT2D eigenvalue weighted by Gasteiger charge is -2.22. The van der Waals surface area contributed by atoms with E-state index in [2.05, 4.69) is 27.6 Å². The molecule has 2 rings (SSSR count). The molecule has 1 aliphatic heterocycles. The van der Waals surface area contributed by atoms with Gasteiger partial charge in [0.15, 0.2) is 5.96 Å². The van der Waals surface area contributed by atoms with E-state index in [1.54, 1.807) is 7.05 Å². The van der Waals surface area contributed by atoms with Gasteiger partial charge in [-0.05, 0) is 39.2 Å². The van der Waals surface area contributed by atoms with Crippen molar-refractivity contribution in [3.63, 3.8) is 0 Å². The third-order valence-corrected chi connectivity index (χ3v) is 4.79. The van der Waals surface area contributed by atoms with Crippen LogP contribution in [0.15, 0.2) is 4.99 Å². The number of nitrogens with zero attached hydrogens (tertiary/aromatic N) is 4. The Hall–Kier alpha value is -1.77. The molecule has 1 saturated heterocycles. The summed E-state index contributed by atoms with van der Waals surface area (Å²) in [5, 5.41) is 11.0. The Morgan fingerprint density at radius 1 is 1.38 bits per heavy atom. The molecule has 2 N–H and O–H groups in total. The van der Waals surface area contributed by atoms with E-state index in [4.69, 9.17) is 0 Å². The van der Waals surface area contributed by atoms with Gasteiger partial charge in [-0.25, -0.2) is 0 Å². The minimum Gasteiger partial charge on any atom is -0.354 e. The van der Waals surface area contributed by atoms with E-state index in [1.807, 2.05) is 25.6 Å². The lowest BCUT2D eigenvalue weighted by molar-refractivity contribution is -0.143. The van der Waals surface area contributed by atoms with Crippen molar-refractivity contribution >= 4 is 5.96 Å². The molecule has 2 atom stereocenters. The number of hydrogen-bond donors (Lipinski definition) is 2. The standard InChI is InChI=1S/C17H29F3N6/c1-11(8-15-12(2)24-25(5)13(15)3)22-16(21-4)23-14-6-7-26(9-14)10-17(18,19)20/h11,14H,6-10H2,1-5H3,(H2,21,22,23). The summed E-state index contributed by atoms with van der Waals surface area (Å²) in [7, 11) is 3.60. The molecule has 1 aliphatic rings. The third kappa shape index (κ3) is 5.62. The summed E-state index contributed by atoms with van der Waals surface area (Å²) >= 11 is 0. The highest BCUT2D eigenvalue weighted by molar-refractivity contribution is 5.80. The average molecular weight is 374 g/mol. The van der Waals surface area contributed by atoms with Crippen molar-refractivity contribution in [3.05, 3.63) is 17.0 Å². The minimum absolute atomic E-state index is 0.0300. The molecule has 6 nitrogen and oxygen atoms in total. The van der Waals surface area contributed by atoms with Gasteiger partial charge in [0.1, 0.15) is 0 Å². The van der Waals surface area contributed by atoms with Gasteiger partial charge in [-0.2, -0.15) is 18.3 Å². The molecule has 0 aromatic carbocycles. The van der Waals surface area contributed by atoms with Crippen LogP contribution >= 0.6 is 0 Å². The number of aromatic nitrogens is 2. The van der Waals surface area contributed by atoms with Crippen LogP contribution in [0.5, 0.6) is 0 Å². The molecule has 0 radical (unpaired) electrons. The fraction of sp³-hybridized carbons (Fsp3) is 0.765. The van der Waals surface area contributed by atoms with E-state index in [-0.39, 0.29) is 12.1 Å². The smallest absolute Gasteiger partial charge is 0.354 e. The predicted molar refractivity (Wildman–Crippen MR) is 96.4 cm³/mol. The second-order valence-electron chi connectivity index (χ2n) is 7.07. The van der Waals surface area contributed by atoms with Gasteiger partial charge in [-0.3, -0.25) is 14.6 Å². The van der Waals surface area contributed by atoms with Gasteiger partial charge in [0, 0.05) is 45.0 Å². The maximum absolute atomic E-state index is 12.5. The zero-order chi connectivity index (χ0) is 19.5. The van der Waals surface area contributed by atoms with Gasteiger partial charge in [0.2, 0.25) is 0 Å².